The van der Waals surface area contributed by atoms with Gasteiger partial charge in [-0.05, 0) is 67.4 Å². The van der Waals surface area contributed by atoms with Gasteiger partial charge in [-0.1, -0.05) is 65.4 Å². The number of fused-ring (bicyclic) bond motifs is 1. The second kappa shape index (κ2) is 11.3. The molecular weight excluding hydrogens is 570 g/mol. The summed E-state index contributed by atoms with van der Waals surface area (Å²) < 4.78 is 13.4. The number of nitrogens with one attached hydrogen (secondary N) is 1. The first-order chi connectivity index (χ1) is 20.3. The molecule has 0 fully saturated rings. The molecule has 1 amide bonds. The van der Waals surface area contributed by atoms with Gasteiger partial charge in [-0.3, -0.25) is 14.2 Å². The van der Waals surface area contributed by atoms with Crippen LogP contribution in [0.4, 0.5) is 5.69 Å². The minimum Gasteiger partial charge on any atom is -0.497 e. The van der Waals surface area contributed by atoms with Gasteiger partial charge in [-0.25, -0.2) is 4.99 Å². The summed E-state index contributed by atoms with van der Waals surface area (Å²) in [5.41, 5.74) is 3.88. The third-order valence-electron chi connectivity index (χ3n) is 7.10. The first kappa shape index (κ1) is 27.5. The van der Waals surface area contributed by atoms with Crippen LogP contribution in [0.1, 0.15) is 29.9 Å². The van der Waals surface area contributed by atoms with Crippen molar-refractivity contribution >= 4 is 40.6 Å². The molecule has 2 aromatic heterocycles. The van der Waals surface area contributed by atoms with E-state index in [4.69, 9.17) is 25.7 Å². The Morgan fingerprint density at radius 1 is 1.05 bits per heavy atom. The largest absolute Gasteiger partial charge is 0.497 e. The smallest absolute Gasteiger partial charge is 0.271 e. The van der Waals surface area contributed by atoms with E-state index in [0.717, 1.165) is 16.7 Å². The molecule has 7 nitrogen and oxygen atoms in total. The Hall–Kier alpha value is -4.66. The van der Waals surface area contributed by atoms with Gasteiger partial charge in [0.15, 0.2) is 4.80 Å². The molecule has 0 radical (unpaired) electrons. The zero-order valence-electron chi connectivity index (χ0n) is 23.1. The number of amides is 1. The molecular formula is C33H26ClN3O4S. The number of benzene rings is 3. The molecule has 210 valence electrons. The SMILES string of the molecule is COc1ccc(C2C(C(=O)Nc3ccccc3C)=C(C)N=c3sc(=Cc4ccc(-c5cccc(Cl)c5)o4)c(=O)n32)cc1. The lowest BCUT2D eigenvalue weighted by Crippen LogP contribution is -2.40. The van der Waals surface area contributed by atoms with Crippen molar-refractivity contribution in [2.75, 3.05) is 12.4 Å². The molecule has 0 spiro atoms. The van der Waals surface area contributed by atoms with E-state index in [1.54, 1.807) is 30.7 Å². The van der Waals surface area contributed by atoms with Gasteiger partial charge < -0.3 is 14.5 Å². The number of ether oxygens (including phenoxy) is 1. The van der Waals surface area contributed by atoms with E-state index in [0.29, 0.717) is 48.6 Å². The average molecular weight is 596 g/mol. The number of furan rings is 1. The summed E-state index contributed by atoms with van der Waals surface area (Å²) in [7, 11) is 1.59. The van der Waals surface area contributed by atoms with E-state index in [1.165, 1.54) is 11.3 Å². The van der Waals surface area contributed by atoms with Crippen LogP contribution in [0, 0.1) is 6.92 Å². The van der Waals surface area contributed by atoms with E-state index in [9.17, 15) is 9.59 Å². The van der Waals surface area contributed by atoms with Crippen LogP contribution >= 0.6 is 22.9 Å². The van der Waals surface area contributed by atoms with Crippen LogP contribution in [0.3, 0.4) is 0 Å². The van der Waals surface area contributed by atoms with Gasteiger partial charge in [-0.15, -0.1) is 0 Å². The van der Waals surface area contributed by atoms with Crippen LogP contribution in [-0.4, -0.2) is 17.6 Å². The van der Waals surface area contributed by atoms with Gasteiger partial charge in [0.05, 0.1) is 29.0 Å². The Morgan fingerprint density at radius 3 is 2.57 bits per heavy atom. The molecule has 0 bridgehead atoms. The van der Waals surface area contributed by atoms with E-state index in [2.05, 4.69) is 5.32 Å². The highest BCUT2D eigenvalue weighted by Crippen LogP contribution is 2.32. The van der Waals surface area contributed by atoms with Gasteiger partial charge >= 0.3 is 0 Å². The Kier molecular flexibility index (Phi) is 7.41. The zero-order valence-corrected chi connectivity index (χ0v) is 24.6. The quantitative estimate of drug-likeness (QED) is 0.257. The molecule has 5 aromatic rings. The average Bonchev–Trinajstić information content (AvgIpc) is 3.58. The van der Waals surface area contributed by atoms with Crippen molar-refractivity contribution in [3.8, 4) is 17.1 Å². The monoisotopic (exact) mass is 595 g/mol. The Morgan fingerprint density at radius 2 is 1.83 bits per heavy atom. The highest BCUT2D eigenvalue weighted by atomic mass is 35.5. The molecule has 1 aliphatic rings. The van der Waals surface area contributed by atoms with Crippen molar-refractivity contribution in [1.82, 2.24) is 4.57 Å². The summed E-state index contributed by atoms with van der Waals surface area (Å²) in [6, 6.07) is 25.3. The second-order valence-corrected chi connectivity index (χ2v) is 11.3. The lowest BCUT2D eigenvalue weighted by atomic mass is 9.95. The van der Waals surface area contributed by atoms with E-state index in [-0.39, 0.29) is 11.5 Å². The third kappa shape index (κ3) is 5.22. The first-order valence-corrected chi connectivity index (χ1v) is 14.4. The molecule has 0 aliphatic carbocycles. The highest BCUT2D eigenvalue weighted by Gasteiger charge is 2.32. The van der Waals surface area contributed by atoms with Crippen molar-refractivity contribution in [1.29, 1.82) is 0 Å². The van der Waals surface area contributed by atoms with Crippen LogP contribution in [-0.2, 0) is 4.79 Å². The normalized spacial score (nSPS) is 14.9. The number of thiazole rings is 1. The topological polar surface area (TPSA) is 85.8 Å². The molecule has 1 unspecified atom stereocenters. The van der Waals surface area contributed by atoms with Gasteiger partial charge in [-0.2, -0.15) is 0 Å². The van der Waals surface area contributed by atoms with Gasteiger partial charge in [0, 0.05) is 22.3 Å². The number of rotatable bonds is 6. The van der Waals surface area contributed by atoms with Crippen LogP contribution in [0.15, 0.2) is 110 Å². The van der Waals surface area contributed by atoms with Gasteiger partial charge in [0.2, 0.25) is 0 Å². The number of carbonyl (C=O) groups is 1. The number of hydrogen-bond acceptors (Lipinski definition) is 6. The number of hydrogen-bond donors (Lipinski definition) is 1. The number of aromatic nitrogens is 1. The molecule has 1 atom stereocenters. The fourth-order valence-electron chi connectivity index (χ4n) is 4.97. The summed E-state index contributed by atoms with van der Waals surface area (Å²) in [5, 5.41) is 3.63. The maximum absolute atomic E-state index is 14.0. The number of methoxy groups -OCH3 is 1. The Labute approximate surface area is 250 Å². The standard InChI is InChI=1S/C33H26ClN3O4S/c1-19-7-4-5-10-26(19)36-31(38)29-20(2)35-33-37(30(29)21-11-13-24(40-3)14-12-21)32(39)28(42-33)18-25-15-16-27(41-25)22-8-6-9-23(34)17-22/h4-18,30H,1-3H3,(H,36,38). The molecule has 0 saturated carbocycles. The molecule has 3 heterocycles. The molecule has 1 N–H and O–H groups in total. The Balaban J connectivity index is 1.45. The lowest BCUT2D eigenvalue weighted by Gasteiger charge is -2.25. The summed E-state index contributed by atoms with van der Waals surface area (Å²) in [6.07, 6.45) is 1.70. The minimum atomic E-state index is -0.697. The van der Waals surface area contributed by atoms with Crippen LogP contribution in [0.2, 0.25) is 5.02 Å². The molecule has 0 saturated heterocycles. The van der Waals surface area contributed by atoms with E-state index >= 15 is 0 Å². The first-order valence-electron chi connectivity index (χ1n) is 13.2. The minimum absolute atomic E-state index is 0.269. The number of anilines is 1. The lowest BCUT2D eigenvalue weighted by molar-refractivity contribution is -0.113. The van der Waals surface area contributed by atoms with Crippen molar-refractivity contribution in [2.45, 2.75) is 19.9 Å². The second-order valence-electron chi connectivity index (χ2n) is 9.84. The number of aryl methyl sites for hydroxylation is 1. The van der Waals surface area contributed by atoms with Crippen molar-refractivity contribution in [3.05, 3.63) is 138 Å². The zero-order chi connectivity index (χ0) is 29.4. The molecule has 1 aliphatic heterocycles. The van der Waals surface area contributed by atoms with Gasteiger partial charge in [0.25, 0.3) is 11.5 Å². The summed E-state index contributed by atoms with van der Waals surface area (Å²) in [6.45, 7) is 3.73. The van der Waals surface area contributed by atoms with Crippen molar-refractivity contribution < 1.29 is 13.9 Å². The molecule has 42 heavy (non-hydrogen) atoms. The summed E-state index contributed by atoms with van der Waals surface area (Å²) in [4.78, 5) is 33.0. The van der Waals surface area contributed by atoms with Crippen LogP contribution < -0.4 is 24.9 Å². The van der Waals surface area contributed by atoms with Crippen molar-refractivity contribution in [3.63, 3.8) is 0 Å². The fraction of sp³-hybridized carbons (Fsp3) is 0.121. The maximum atomic E-state index is 14.0. The number of carbonyl (C=O) groups excluding carboxylic acids is 1. The number of halogens is 1. The molecule has 3 aromatic carbocycles. The predicted octanol–water partition coefficient (Wildman–Crippen LogP) is 6.10. The molecule has 6 rings (SSSR count). The van der Waals surface area contributed by atoms with Crippen LogP contribution in [0.5, 0.6) is 5.75 Å². The fourth-order valence-corrected chi connectivity index (χ4v) is 6.19. The third-order valence-corrected chi connectivity index (χ3v) is 8.32. The van der Waals surface area contributed by atoms with Crippen LogP contribution in [0.25, 0.3) is 17.4 Å². The number of allylic oxidation sites excluding steroid dienone is 1. The predicted molar refractivity (Wildman–Crippen MR) is 166 cm³/mol. The summed E-state index contributed by atoms with van der Waals surface area (Å²) in [5.74, 6) is 1.51. The summed E-state index contributed by atoms with van der Waals surface area (Å²) >= 11 is 7.40. The maximum Gasteiger partial charge on any atom is 0.271 e. The van der Waals surface area contributed by atoms with E-state index < -0.39 is 6.04 Å². The van der Waals surface area contributed by atoms with E-state index in [1.807, 2.05) is 85.8 Å². The van der Waals surface area contributed by atoms with Gasteiger partial charge in [0.1, 0.15) is 17.3 Å². The number of nitrogens with zero attached hydrogens (tertiary/aromatic N) is 2. The number of para-hydroxylation sites is 1. The Bertz CT molecular complexity index is 2040. The highest BCUT2D eigenvalue weighted by molar-refractivity contribution is 7.07. The van der Waals surface area contributed by atoms with Crippen molar-refractivity contribution in [2.24, 2.45) is 4.99 Å². The molecule has 9 heteroatoms.